The molecule has 0 spiro atoms. The first kappa shape index (κ1) is 20.6. The van der Waals surface area contributed by atoms with E-state index < -0.39 is 5.97 Å². The number of hydrogen-bond acceptors (Lipinski definition) is 6. The second-order valence-electron chi connectivity index (χ2n) is 6.40. The summed E-state index contributed by atoms with van der Waals surface area (Å²) in [6.07, 6.45) is 0. The van der Waals surface area contributed by atoms with Gasteiger partial charge in [-0.15, -0.1) is 0 Å². The number of carbonyl (C=O) groups is 1. The number of rotatable bonds is 8. The van der Waals surface area contributed by atoms with Crippen LogP contribution in [-0.4, -0.2) is 32.4 Å². The summed E-state index contributed by atoms with van der Waals surface area (Å²) in [6, 6.07) is 11.8. The molecular formula is C23H24O6. The van der Waals surface area contributed by atoms with Crippen LogP contribution in [0.25, 0.3) is 22.3 Å². The van der Waals surface area contributed by atoms with Crippen molar-refractivity contribution < 1.29 is 23.4 Å². The van der Waals surface area contributed by atoms with Gasteiger partial charge in [-0.2, -0.15) is 0 Å². The maximum Gasteiger partial charge on any atom is 0.338 e. The normalized spacial score (nSPS) is 10.9. The molecule has 0 saturated heterocycles. The third-order valence-corrected chi connectivity index (χ3v) is 4.39. The number of esters is 1. The summed E-state index contributed by atoms with van der Waals surface area (Å²) >= 11 is 0. The van der Waals surface area contributed by atoms with Gasteiger partial charge in [0.1, 0.15) is 23.7 Å². The van der Waals surface area contributed by atoms with Crippen molar-refractivity contribution in [2.45, 2.75) is 20.8 Å². The van der Waals surface area contributed by atoms with Crippen LogP contribution >= 0.6 is 0 Å². The third kappa shape index (κ3) is 4.66. The Kier molecular flexibility index (Phi) is 6.67. The van der Waals surface area contributed by atoms with E-state index in [4.69, 9.17) is 18.6 Å². The molecule has 3 aromatic rings. The molecule has 6 nitrogen and oxygen atoms in total. The SMILES string of the molecule is CCOCCOc1c(C)cccc1-c1cc(=O)c2cc(C(=O)OCC)ccc2o1. The average Bonchev–Trinajstić information content (AvgIpc) is 2.72. The minimum atomic E-state index is -0.471. The Labute approximate surface area is 169 Å². The number of ether oxygens (including phenoxy) is 3. The molecule has 0 bridgehead atoms. The standard InChI is InChI=1S/C23H24O6/c1-4-26-11-12-28-22-15(3)7-6-8-17(22)21-14-19(24)18-13-16(23(25)27-5-2)9-10-20(18)29-21/h6-10,13-14H,4-5,11-12H2,1-3H3. The zero-order valence-electron chi connectivity index (χ0n) is 16.8. The molecule has 6 heteroatoms. The van der Waals surface area contributed by atoms with Gasteiger partial charge in [0.15, 0.2) is 5.43 Å². The molecule has 0 N–H and O–H groups in total. The number of hydrogen-bond donors (Lipinski definition) is 0. The summed E-state index contributed by atoms with van der Waals surface area (Å²) in [5.74, 6) is 0.584. The highest BCUT2D eigenvalue weighted by atomic mass is 16.5. The second-order valence-corrected chi connectivity index (χ2v) is 6.40. The van der Waals surface area contributed by atoms with E-state index in [9.17, 15) is 9.59 Å². The van der Waals surface area contributed by atoms with Gasteiger partial charge in [0.05, 0.1) is 29.7 Å². The van der Waals surface area contributed by atoms with Crippen LogP contribution in [0.1, 0.15) is 29.8 Å². The molecule has 1 heterocycles. The van der Waals surface area contributed by atoms with E-state index in [-0.39, 0.29) is 12.0 Å². The maximum absolute atomic E-state index is 12.7. The molecular weight excluding hydrogens is 372 g/mol. The van der Waals surface area contributed by atoms with Crippen molar-refractivity contribution in [2.75, 3.05) is 26.4 Å². The van der Waals surface area contributed by atoms with Gasteiger partial charge in [0.2, 0.25) is 0 Å². The number of benzene rings is 2. The second kappa shape index (κ2) is 9.39. The van der Waals surface area contributed by atoms with Crippen molar-refractivity contribution in [3.8, 4) is 17.1 Å². The van der Waals surface area contributed by atoms with E-state index in [1.807, 2.05) is 32.0 Å². The molecule has 29 heavy (non-hydrogen) atoms. The van der Waals surface area contributed by atoms with E-state index in [1.165, 1.54) is 12.1 Å². The highest BCUT2D eigenvalue weighted by Crippen LogP contribution is 2.33. The molecule has 3 rings (SSSR count). The molecule has 152 valence electrons. The molecule has 0 unspecified atom stereocenters. The van der Waals surface area contributed by atoms with Crippen LogP contribution in [0.4, 0.5) is 0 Å². The fourth-order valence-corrected chi connectivity index (χ4v) is 3.02. The first-order valence-electron chi connectivity index (χ1n) is 9.60. The van der Waals surface area contributed by atoms with E-state index in [1.54, 1.807) is 19.1 Å². The van der Waals surface area contributed by atoms with Crippen LogP contribution in [0.15, 0.2) is 51.7 Å². The van der Waals surface area contributed by atoms with Crippen LogP contribution in [0.5, 0.6) is 5.75 Å². The lowest BCUT2D eigenvalue weighted by Crippen LogP contribution is -2.09. The van der Waals surface area contributed by atoms with Crippen LogP contribution in [-0.2, 0) is 9.47 Å². The first-order valence-corrected chi connectivity index (χ1v) is 9.60. The van der Waals surface area contributed by atoms with Crippen molar-refractivity contribution in [2.24, 2.45) is 0 Å². The van der Waals surface area contributed by atoms with Gasteiger partial charge in [-0.3, -0.25) is 4.79 Å². The summed E-state index contributed by atoms with van der Waals surface area (Å²) < 4.78 is 22.2. The van der Waals surface area contributed by atoms with Gasteiger partial charge in [-0.25, -0.2) is 4.79 Å². The Bertz CT molecular complexity index is 1070. The smallest absolute Gasteiger partial charge is 0.338 e. The lowest BCUT2D eigenvalue weighted by molar-refractivity contribution is 0.0526. The largest absolute Gasteiger partial charge is 0.490 e. The van der Waals surface area contributed by atoms with Crippen molar-refractivity contribution >= 4 is 16.9 Å². The third-order valence-electron chi connectivity index (χ3n) is 4.39. The fraction of sp³-hybridized carbons (Fsp3) is 0.304. The van der Waals surface area contributed by atoms with E-state index in [0.29, 0.717) is 53.4 Å². The van der Waals surface area contributed by atoms with E-state index in [0.717, 1.165) is 5.56 Å². The Morgan fingerprint density at radius 2 is 1.86 bits per heavy atom. The van der Waals surface area contributed by atoms with Crippen LogP contribution in [0.3, 0.4) is 0 Å². The molecule has 2 aromatic carbocycles. The van der Waals surface area contributed by atoms with Gasteiger partial charge in [-0.1, -0.05) is 12.1 Å². The maximum atomic E-state index is 12.7. The molecule has 0 aliphatic carbocycles. The molecule has 0 aliphatic rings. The van der Waals surface area contributed by atoms with Crippen LogP contribution in [0, 0.1) is 6.92 Å². The fourth-order valence-electron chi connectivity index (χ4n) is 3.02. The van der Waals surface area contributed by atoms with Crippen molar-refractivity contribution in [1.29, 1.82) is 0 Å². The number of carbonyl (C=O) groups excluding carboxylic acids is 1. The summed E-state index contributed by atoms with van der Waals surface area (Å²) in [6.45, 7) is 7.35. The van der Waals surface area contributed by atoms with Gasteiger partial charge in [0, 0.05) is 12.7 Å². The Balaban J connectivity index is 2.00. The van der Waals surface area contributed by atoms with Gasteiger partial charge in [-0.05, 0) is 50.6 Å². The number of para-hydroxylation sites is 1. The van der Waals surface area contributed by atoms with Crippen molar-refractivity contribution in [3.63, 3.8) is 0 Å². The highest BCUT2D eigenvalue weighted by Gasteiger charge is 2.15. The molecule has 0 radical (unpaired) electrons. The molecule has 0 atom stereocenters. The van der Waals surface area contributed by atoms with Gasteiger partial charge < -0.3 is 18.6 Å². The van der Waals surface area contributed by atoms with Crippen LogP contribution in [0.2, 0.25) is 0 Å². The minimum Gasteiger partial charge on any atom is -0.490 e. The van der Waals surface area contributed by atoms with Crippen LogP contribution < -0.4 is 10.2 Å². The summed E-state index contributed by atoms with van der Waals surface area (Å²) in [7, 11) is 0. The zero-order chi connectivity index (χ0) is 20.8. The highest BCUT2D eigenvalue weighted by molar-refractivity contribution is 5.94. The van der Waals surface area contributed by atoms with Gasteiger partial charge in [0.25, 0.3) is 0 Å². The average molecular weight is 396 g/mol. The summed E-state index contributed by atoms with van der Waals surface area (Å²) in [5, 5.41) is 0.325. The van der Waals surface area contributed by atoms with E-state index >= 15 is 0 Å². The van der Waals surface area contributed by atoms with E-state index in [2.05, 4.69) is 0 Å². The van der Waals surface area contributed by atoms with Gasteiger partial charge >= 0.3 is 5.97 Å². The topological polar surface area (TPSA) is 75.0 Å². The summed E-state index contributed by atoms with van der Waals surface area (Å²) in [5.41, 5.74) is 2.08. The monoisotopic (exact) mass is 396 g/mol. The molecule has 0 saturated carbocycles. The lowest BCUT2D eigenvalue weighted by atomic mass is 10.1. The quantitative estimate of drug-likeness (QED) is 0.416. The Hall–Kier alpha value is -3.12. The number of fused-ring (bicyclic) bond motifs is 1. The van der Waals surface area contributed by atoms with Crippen molar-refractivity contribution in [3.05, 3.63) is 63.8 Å². The Morgan fingerprint density at radius 1 is 1.03 bits per heavy atom. The minimum absolute atomic E-state index is 0.242. The predicted octanol–water partition coefficient (Wildman–Crippen LogP) is 4.36. The Morgan fingerprint density at radius 3 is 2.62 bits per heavy atom. The molecule has 0 fully saturated rings. The lowest BCUT2D eigenvalue weighted by Gasteiger charge is -2.14. The predicted molar refractivity (Wildman–Crippen MR) is 111 cm³/mol. The zero-order valence-corrected chi connectivity index (χ0v) is 16.8. The number of aryl methyl sites for hydroxylation is 1. The molecule has 0 amide bonds. The molecule has 0 aliphatic heterocycles. The first-order chi connectivity index (χ1) is 14.0. The summed E-state index contributed by atoms with van der Waals surface area (Å²) in [4.78, 5) is 24.7. The van der Waals surface area contributed by atoms with Crippen molar-refractivity contribution in [1.82, 2.24) is 0 Å². The molecule has 1 aromatic heterocycles.